The SMILES string of the molecule is CC(C)(C)OC(=O)CN1C(=O)SC(=Cc2cc3c(cc2Cl)OCO3)C1=O. The Morgan fingerprint density at radius 2 is 1.96 bits per heavy atom. The molecule has 1 aromatic rings. The van der Waals surface area contributed by atoms with Gasteiger partial charge in [-0.25, -0.2) is 0 Å². The van der Waals surface area contributed by atoms with Gasteiger partial charge in [-0.1, -0.05) is 11.6 Å². The molecule has 9 heteroatoms. The number of nitrogens with zero attached hydrogens (tertiary/aromatic N) is 1. The van der Waals surface area contributed by atoms with Crippen LogP contribution >= 0.6 is 23.4 Å². The van der Waals surface area contributed by atoms with E-state index in [0.29, 0.717) is 22.1 Å². The molecule has 2 aliphatic heterocycles. The third-order valence-electron chi connectivity index (χ3n) is 3.36. The predicted molar refractivity (Wildman–Crippen MR) is 96.1 cm³/mol. The van der Waals surface area contributed by atoms with Crippen LogP contribution < -0.4 is 9.47 Å². The Morgan fingerprint density at radius 1 is 1.31 bits per heavy atom. The summed E-state index contributed by atoms with van der Waals surface area (Å²) in [5.41, 5.74) is -0.187. The Bertz CT molecular complexity index is 829. The van der Waals surface area contributed by atoms with Gasteiger partial charge in [0.25, 0.3) is 11.1 Å². The number of carbonyl (C=O) groups excluding carboxylic acids is 3. The number of carbonyl (C=O) groups is 3. The molecule has 2 amide bonds. The summed E-state index contributed by atoms with van der Waals surface area (Å²) in [6.07, 6.45) is 1.49. The molecule has 3 rings (SSSR count). The number of esters is 1. The fourth-order valence-electron chi connectivity index (χ4n) is 2.32. The number of ether oxygens (including phenoxy) is 3. The molecule has 0 bridgehead atoms. The van der Waals surface area contributed by atoms with E-state index in [2.05, 4.69) is 0 Å². The standard InChI is InChI=1S/C17H16ClNO6S/c1-17(2,3)25-14(20)7-19-15(21)13(26-16(19)22)5-9-4-11-12(6-10(9)18)24-8-23-11/h4-6H,7-8H2,1-3H3. The van der Waals surface area contributed by atoms with E-state index in [9.17, 15) is 14.4 Å². The van der Waals surface area contributed by atoms with Crippen molar-refractivity contribution in [1.82, 2.24) is 4.90 Å². The summed E-state index contributed by atoms with van der Waals surface area (Å²) in [4.78, 5) is 37.5. The van der Waals surface area contributed by atoms with Gasteiger partial charge in [0.2, 0.25) is 6.79 Å². The predicted octanol–water partition coefficient (Wildman–Crippen LogP) is 3.45. The lowest BCUT2D eigenvalue weighted by Gasteiger charge is -2.21. The van der Waals surface area contributed by atoms with E-state index in [1.165, 1.54) is 6.08 Å². The summed E-state index contributed by atoms with van der Waals surface area (Å²) >= 11 is 6.93. The number of thioether (sulfide) groups is 1. The third kappa shape index (κ3) is 3.96. The second kappa shape index (κ2) is 6.85. The lowest BCUT2D eigenvalue weighted by Crippen LogP contribution is -2.37. The molecule has 26 heavy (non-hydrogen) atoms. The fraction of sp³-hybridized carbons (Fsp3) is 0.353. The van der Waals surface area contributed by atoms with Gasteiger partial charge >= 0.3 is 5.97 Å². The first-order valence-corrected chi connectivity index (χ1v) is 8.90. The molecular formula is C17H16ClNO6S. The van der Waals surface area contributed by atoms with Crippen LogP contribution in [0, 0.1) is 0 Å². The maximum atomic E-state index is 12.5. The summed E-state index contributed by atoms with van der Waals surface area (Å²) in [7, 11) is 0. The van der Waals surface area contributed by atoms with Gasteiger partial charge in [-0.15, -0.1) is 0 Å². The van der Waals surface area contributed by atoms with Crippen LogP contribution in [0.3, 0.4) is 0 Å². The van der Waals surface area contributed by atoms with Gasteiger partial charge in [0, 0.05) is 6.07 Å². The summed E-state index contributed by atoms with van der Waals surface area (Å²) in [5.74, 6) is -0.194. The van der Waals surface area contributed by atoms with Crippen molar-refractivity contribution in [3.63, 3.8) is 0 Å². The highest BCUT2D eigenvalue weighted by Gasteiger charge is 2.37. The molecule has 0 aromatic heterocycles. The minimum atomic E-state index is -0.700. The quantitative estimate of drug-likeness (QED) is 0.570. The zero-order chi connectivity index (χ0) is 19.1. The zero-order valence-corrected chi connectivity index (χ0v) is 15.9. The third-order valence-corrected chi connectivity index (χ3v) is 4.59. The second-order valence-corrected chi connectivity index (χ2v) is 7.98. The van der Waals surface area contributed by atoms with Crippen LogP contribution in [0.4, 0.5) is 4.79 Å². The highest BCUT2D eigenvalue weighted by molar-refractivity contribution is 8.18. The van der Waals surface area contributed by atoms with Crippen LogP contribution in [0.2, 0.25) is 5.02 Å². The minimum Gasteiger partial charge on any atom is -0.459 e. The topological polar surface area (TPSA) is 82.1 Å². The van der Waals surface area contributed by atoms with Crippen molar-refractivity contribution in [3.8, 4) is 11.5 Å². The van der Waals surface area contributed by atoms with Crippen molar-refractivity contribution in [3.05, 3.63) is 27.6 Å². The Hall–Kier alpha value is -2.19. The lowest BCUT2D eigenvalue weighted by molar-refractivity contribution is -0.156. The van der Waals surface area contributed by atoms with Crippen LogP contribution in [0.15, 0.2) is 17.0 Å². The van der Waals surface area contributed by atoms with Crippen molar-refractivity contribution < 1.29 is 28.6 Å². The van der Waals surface area contributed by atoms with Gasteiger partial charge < -0.3 is 14.2 Å². The zero-order valence-electron chi connectivity index (χ0n) is 14.3. The van der Waals surface area contributed by atoms with Crippen LogP contribution in [0.25, 0.3) is 6.08 Å². The van der Waals surface area contributed by atoms with Gasteiger partial charge in [-0.3, -0.25) is 19.3 Å². The Labute approximate surface area is 159 Å². The van der Waals surface area contributed by atoms with Crippen LogP contribution in [0.5, 0.6) is 11.5 Å². The fourth-order valence-corrected chi connectivity index (χ4v) is 3.36. The number of rotatable bonds is 3. The summed E-state index contributed by atoms with van der Waals surface area (Å²) in [6, 6.07) is 3.22. The molecule has 138 valence electrons. The van der Waals surface area contributed by atoms with Crippen molar-refractivity contribution in [2.24, 2.45) is 0 Å². The van der Waals surface area contributed by atoms with E-state index >= 15 is 0 Å². The van der Waals surface area contributed by atoms with E-state index in [-0.39, 0.29) is 11.7 Å². The highest BCUT2D eigenvalue weighted by atomic mass is 35.5. The molecule has 0 spiro atoms. The molecule has 2 aliphatic rings. The van der Waals surface area contributed by atoms with Crippen molar-refractivity contribution in [2.75, 3.05) is 13.3 Å². The molecule has 0 radical (unpaired) electrons. The van der Waals surface area contributed by atoms with Crippen LogP contribution in [-0.2, 0) is 14.3 Å². The Morgan fingerprint density at radius 3 is 2.62 bits per heavy atom. The van der Waals surface area contributed by atoms with Gasteiger partial charge in [0.05, 0.1) is 9.93 Å². The molecule has 0 saturated carbocycles. The first-order valence-electron chi connectivity index (χ1n) is 7.70. The van der Waals surface area contributed by atoms with Gasteiger partial charge in [-0.2, -0.15) is 0 Å². The molecule has 1 fully saturated rings. The summed E-state index contributed by atoms with van der Waals surface area (Å²) in [6.45, 7) is 4.79. The maximum Gasteiger partial charge on any atom is 0.326 e. The number of benzene rings is 1. The largest absolute Gasteiger partial charge is 0.459 e. The highest BCUT2D eigenvalue weighted by Crippen LogP contribution is 2.39. The average Bonchev–Trinajstić information content (AvgIpc) is 3.05. The Kier molecular flexibility index (Phi) is 4.90. The normalized spacial score (nSPS) is 18.0. The molecule has 7 nitrogen and oxygen atoms in total. The van der Waals surface area contributed by atoms with Crippen LogP contribution in [-0.4, -0.2) is 41.0 Å². The number of halogens is 1. The van der Waals surface area contributed by atoms with Gasteiger partial charge in [0.1, 0.15) is 12.1 Å². The van der Waals surface area contributed by atoms with Crippen molar-refractivity contribution in [1.29, 1.82) is 0 Å². The van der Waals surface area contributed by atoms with Crippen molar-refractivity contribution >= 4 is 46.6 Å². The molecule has 1 saturated heterocycles. The molecular weight excluding hydrogens is 382 g/mol. The Balaban J connectivity index is 1.79. The molecule has 1 aromatic carbocycles. The maximum absolute atomic E-state index is 12.5. The number of amides is 2. The van der Waals surface area contributed by atoms with E-state index in [0.717, 1.165) is 16.7 Å². The number of hydrogen-bond donors (Lipinski definition) is 0. The molecule has 0 atom stereocenters. The molecule has 0 N–H and O–H groups in total. The van der Waals surface area contributed by atoms with E-state index < -0.39 is 29.3 Å². The van der Waals surface area contributed by atoms with Gasteiger partial charge in [0.15, 0.2) is 11.5 Å². The van der Waals surface area contributed by atoms with Gasteiger partial charge in [-0.05, 0) is 50.2 Å². The lowest BCUT2D eigenvalue weighted by atomic mass is 10.2. The van der Waals surface area contributed by atoms with Crippen molar-refractivity contribution in [2.45, 2.75) is 26.4 Å². The molecule has 0 aliphatic carbocycles. The average molecular weight is 398 g/mol. The number of imide groups is 1. The number of fused-ring (bicyclic) bond motifs is 1. The van der Waals surface area contributed by atoms with E-state index in [4.69, 9.17) is 25.8 Å². The molecule has 0 unspecified atom stereocenters. The minimum absolute atomic E-state index is 0.0987. The van der Waals surface area contributed by atoms with E-state index in [1.807, 2.05) is 0 Å². The van der Waals surface area contributed by atoms with E-state index in [1.54, 1.807) is 32.9 Å². The second-order valence-electron chi connectivity index (χ2n) is 6.58. The number of hydrogen-bond acceptors (Lipinski definition) is 7. The smallest absolute Gasteiger partial charge is 0.326 e. The molecule has 2 heterocycles. The van der Waals surface area contributed by atoms with Crippen LogP contribution in [0.1, 0.15) is 26.3 Å². The summed E-state index contributed by atoms with van der Waals surface area (Å²) < 4.78 is 15.7. The summed E-state index contributed by atoms with van der Waals surface area (Å²) in [5, 5.41) is -0.183. The monoisotopic (exact) mass is 397 g/mol. The first-order chi connectivity index (χ1) is 12.1. The first kappa shape index (κ1) is 18.6.